The number of fused-ring (bicyclic) bond motifs is 4. The third-order valence-corrected chi connectivity index (χ3v) is 19.7. The van der Waals surface area contributed by atoms with E-state index in [0.717, 1.165) is 78.9 Å². The van der Waals surface area contributed by atoms with E-state index in [1.54, 1.807) is 0 Å². The number of rotatable bonds is 17. The molecule has 102 heavy (non-hydrogen) atoms. The van der Waals surface area contributed by atoms with Crippen molar-refractivity contribution in [3.05, 3.63) is 127 Å². The maximum absolute atomic E-state index is 13.9. The molecule has 0 aliphatic rings. The predicted molar refractivity (Wildman–Crippen MR) is 318 cm³/mol. The Hall–Kier alpha value is -3.39. The first-order chi connectivity index (χ1) is 44.0. The molecule has 0 bridgehead atoms. The van der Waals surface area contributed by atoms with Gasteiger partial charge in [-0.3, -0.25) is 18.2 Å². The summed E-state index contributed by atoms with van der Waals surface area (Å²) in [6.07, 6.45) is 0. The normalized spacial score (nSPS) is 12.3. The zero-order valence-corrected chi connectivity index (χ0v) is 72.8. The van der Waals surface area contributed by atoms with Crippen LogP contribution < -0.4 is 244 Å². The number of hydrogen-bond donors (Lipinski definition) is 7. The SMILES string of the molecule is Nc1c(S(=O)(=O)O)cc(S(=O)(=O)[O-])c2ccc(N=Nc3ccc4cc(S(=O)(=O)O)c(N=Nc5ccc(Nc6ccc(N=Nc7c(S(=O)(=O)O)cc8ccc(N=Nc9ccc%10c(S(=O)(=O)[O-])cc(S(=O)(=O)O)c(N)c%10c9[O-])cc8c7[O-])cc6S(=O)(=O)[O-])cc5)c([O-])c4c3)c([O-])c12.[Na+].[Na+].[Na+].[Na+].[Na+].[Na+].[Na+]. The third-order valence-electron chi connectivity index (χ3n) is 13.5. The van der Waals surface area contributed by atoms with Gasteiger partial charge in [0.05, 0.1) is 77.2 Å². The van der Waals surface area contributed by atoms with E-state index in [-0.39, 0.29) is 263 Å². The van der Waals surface area contributed by atoms with Gasteiger partial charge in [0.1, 0.15) is 49.9 Å². The molecule has 0 heterocycles. The van der Waals surface area contributed by atoms with Gasteiger partial charge in [-0.25, -0.2) is 25.3 Å². The molecular formula is C52H30N11Na7O25S7. The molecule has 0 spiro atoms. The largest absolute Gasteiger partial charge is 1.00 e. The van der Waals surface area contributed by atoms with Gasteiger partial charge in [-0.2, -0.15) is 64.4 Å². The van der Waals surface area contributed by atoms with Crippen molar-refractivity contribution in [2.75, 3.05) is 16.8 Å². The fourth-order valence-corrected chi connectivity index (χ4v) is 14.1. The molecule has 10 aromatic rings. The van der Waals surface area contributed by atoms with Crippen LogP contribution in [-0.4, -0.2) is 90.8 Å². The van der Waals surface area contributed by atoms with Gasteiger partial charge < -0.3 is 50.9 Å². The van der Waals surface area contributed by atoms with Crippen LogP contribution in [0.3, 0.4) is 0 Å². The fraction of sp³-hybridized carbons (Fsp3) is 0. The average Bonchev–Trinajstić information content (AvgIpc) is 0.750. The van der Waals surface area contributed by atoms with Gasteiger partial charge in [0, 0.05) is 27.2 Å². The quantitative estimate of drug-likeness (QED) is 0.0193. The molecule has 0 fully saturated rings. The Bertz CT molecular complexity index is 6080. The Kier molecular flexibility index (Phi) is 31.7. The number of azo groups is 4. The van der Waals surface area contributed by atoms with Crippen LogP contribution in [0.4, 0.5) is 68.2 Å². The third kappa shape index (κ3) is 20.1. The molecule has 0 aromatic heterocycles. The molecule has 10 aromatic carbocycles. The molecule has 0 aliphatic carbocycles. The first-order valence-electron chi connectivity index (χ1n) is 25.1. The van der Waals surface area contributed by atoms with Crippen LogP contribution in [0.25, 0.3) is 43.1 Å². The van der Waals surface area contributed by atoms with Crippen LogP contribution in [-0.2, 0) is 70.8 Å². The number of nitrogens with zero attached hydrogens (tertiary/aromatic N) is 8. The zero-order valence-electron chi connectivity index (χ0n) is 53.1. The van der Waals surface area contributed by atoms with Gasteiger partial charge in [-0.1, -0.05) is 47.3 Å². The van der Waals surface area contributed by atoms with Crippen LogP contribution in [0, 0.1) is 0 Å². The van der Waals surface area contributed by atoms with E-state index in [1.165, 1.54) is 30.3 Å². The average molecular weight is 1590 g/mol. The molecule has 0 unspecified atom stereocenters. The molecule has 9 N–H and O–H groups in total. The van der Waals surface area contributed by atoms with Crippen molar-refractivity contribution in [2.45, 2.75) is 34.3 Å². The van der Waals surface area contributed by atoms with Crippen molar-refractivity contribution in [2.24, 2.45) is 40.9 Å². The smallest absolute Gasteiger partial charge is 0.871 e. The predicted octanol–water partition coefficient (Wildman–Crippen LogP) is -14.1. The second-order valence-corrected chi connectivity index (χ2v) is 29.2. The summed E-state index contributed by atoms with van der Waals surface area (Å²) >= 11 is 0. The number of benzene rings is 10. The monoisotopic (exact) mass is 1590 g/mol. The molecule has 0 aliphatic heterocycles. The minimum Gasteiger partial charge on any atom is -0.871 e. The van der Waals surface area contributed by atoms with Crippen LogP contribution in [0.15, 0.2) is 203 Å². The van der Waals surface area contributed by atoms with Gasteiger partial charge in [0.2, 0.25) is 0 Å². The zero-order chi connectivity index (χ0) is 69.6. The van der Waals surface area contributed by atoms with Gasteiger partial charge in [-0.05, 0) is 125 Å². The second-order valence-electron chi connectivity index (χ2n) is 19.6. The van der Waals surface area contributed by atoms with Crippen LogP contribution in [0.5, 0.6) is 23.0 Å². The van der Waals surface area contributed by atoms with E-state index >= 15 is 0 Å². The maximum atomic E-state index is 13.9. The first kappa shape index (κ1) is 92.8. The van der Waals surface area contributed by atoms with Gasteiger partial charge in [0.25, 0.3) is 40.5 Å². The number of nitrogens with two attached hydrogens (primary N) is 2. The van der Waals surface area contributed by atoms with E-state index in [1.807, 2.05) is 0 Å². The Balaban J connectivity index is 0.00000386. The molecule has 50 heteroatoms. The maximum Gasteiger partial charge on any atom is 1.00 e. The van der Waals surface area contributed by atoms with E-state index in [2.05, 4.69) is 46.2 Å². The number of anilines is 4. The van der Waals surface area contributed by atoms with Gasteiger partial charge in [0.15, 0.2) is 0 Å². The topological polar surface area (TPSA) is 644 Å². The van der Waals surface area contributed by atoms with Crippen LogP contribution >= 0.6 is 0 Å². The van der Waals surface area contributed by atoms with Crippen molar-refractivity contribution in [3.8, 4) is 23.0 Å². The van der Waals surface area contributed by atoms with Crippen molar-refractivity contribution >= 4 is 182 Å². The molecule has 0 saturated heterocycles. The first-order valence-corrected chi connectivity index (χ1v) is 35.1. The molecule has 36 nitrogen and oxygen atoms in total. The van der Waals surface area contributed by atoms with Crippen LogP contribution in [0.1, 0.15) is 0 Å². The number of nitrogen functional groups attached to an aromatic ring is 2. The summed E-state index contributed by atoms with van der Waals surface area (Å²) in [6.45, 7) is 0. The summed E-state index contributed by atoms with van der Waals surface area (Å²) in [6, 6.07) is 19.8. The summed E-state index contributed by atoms with van der Waals surface area (Å²) in [5, 5.41) is 83.8. The molecule has 10 rings (SSSR count). The number of nitrogens with one attached hydrogen (secondary N) is 1. The molecular weight excluding hydrogens is 1560 g/mol. The summed E-state index contributed by atoms with van der Waals surface area (Å²) < 4.78 is 248. The van der Waals surface area contributed by atoms with Gasteiger partial charge in [-0.15, -0.1) is 10.2 Å². The minimum atomic E-state index is -5.49. The summed E-state index contributed by atoms with van der Waals surface area (Å²) in [5.74, 6) is -4.96. The minimum absolute atomic E-state index is 0. The Morgan fingerprint density at radius 2 is 0.637 bits per heavy atom. The van der Waals surface area contributed by atoms with E-state index in [9.17, 15) is 111 Å². The van der Waals surface area contributed by atoms with Gasteiger partial charge >= 0.3 is 207 Å². The van der Waals surface area contributed by atoms with Crippen LogP contribution in [0.2, 0.25) is 0 Å². The molecule has 0 radical (unpaired) electrons. The molecule has 0 saturated carbocycles. The standard InChI is InChI=1S/C52H37N11O25S7.7Na/c53-45-39(92(77,78)79)20-36(89(68,69)70)29-10-13-34(51(66)43(29)45)60-57-26-3-1-22-15-41(94(83,84)85)47(49(64)31(22)17-26)62-56-25-7-5-24(6-8-25)55-33-12-9-28(19-38(33)91(74,75)76)59-63-48-42(95(86,87)88)16-23-2-4-27(18-32(23)50(48)65)58-61-35-14-11-30-37(90(71,72)73)21-40(93(80,81)82)46(54)44(30)52(35)67;;;;;;;/h1-21,55,64-67H,53-54H2,(H,68,69,70)(H,71,72,73)(H,74,75,76)(H,77,78,79)(H,80,81,82)(H,83,84,85)(H,86,87,88);;;;;;;/q;7*+1/p-7. The summed E-state index contributed by atoms with van der Waals surface area (Å²) in [5.41, 5.74) is 4.99. The fourth-order valence-electron chi connectivity index (χ4n) is 9.31. The number of hydrogen-bond acceptors (Lipinski definition) is 32. The summed E-state index contributed by atoms with van der Waals surface area (Å²) in [4.78, 5) is -8.13. The summed E-state index contributed by atoms with van der Waals surface area (Å²) in [7, 11) is -37.6. The Morgan fingerprint density at radius 1 is 0.314 bits per heavy atom. The molecule has 492 valence electrons. The van der Waals surface area contributed by atoms with E-state index in [0.29, 0.717) is 6.07 Å². The van der Waals surface area contributed by atoms with Crippen molar-refractivity contribution in [1.82, 2.24) is 0 Å². The van der Waals surface area contributed by atoms with Crippen molar-refractivity contribution < 1.29 is 318 Å². The molecule has 0 amide bonds. The second kappa shape index (κ2) is 34.9. The molecule has 0 atom stereocenters. The van der Waals surface area contributed by atoms with E-state index in [4.69, 9.17) is 11.5 Å². The Morgan fingerprint density at radius 3 is 0.990 bits per heavy atom. The Labute approximate surface area is 731 Å². The van der Waals surface area contributed by atoms with E-state index < -0.39 is 195 Å². The van der Waals surface area contributed by atoms with Crippen molar-refractivity contribution in [1.29, 1.82) is 0 Å². The van der Waals surface area contributed by atoms with Crippen molar-refractivity contribution in [3.63, 3.8) is 0 Å².